The van der Waals surface area contributed by atoms with Crippen LogP contribution in [0.4, 0.5) is 0 Å². The molecule has 0 heterocycles. The van der Waals surface area contributed by atoms with Crippen LogP contribution in [0.1, 0.15) is 43.9 Å². The summed E-state index contributed by atoms with van der Waals surface area (Å²) in [5.41, 5.74) is 8.86. The van der Waals surface area contributed by atoms with Gasteiger partial charge in [-0.15, -0.1) is 0 Å². The van der Waals surface area contributed by atoms with Gasteiger partial charge < -0.3 is 11.1 Å². The Kier molecular flexibility index (Phi) is 6.56. The van der Waals surface area contributed by atoms with Gasteiger partial charge >= 0.3 is 0 Å². The van der Waals surface area contributed by atoms with Crippen LogP contribution in [0.5, 0.6) is 0 Å². The van der Waals surface area contributed by atoms with Crippen LogP contribution in [-0.4, -0.2) is 17.9 Å². The maximum Gasteiger partial charge on any atom is 0.240 e. The maximum absolute atomic E-state index is 12.2. The molecule has 2 rings (SSSR count). The van der Waals surface area contributed by atoms with Crippen molar-refractivity contribution >= 4 is 11.8 Å². The summed E-state index contributed by atoms with van der Waals surface area (Å²) in [5.74, 6) is -0.679. The van der Waals surface area contributed by atoms with E-state index in [1.54, 1.807) is 0 Å². The van der Waals surface area contributed by atoms with Crippen molar-refractivity contribution < 1.29 is 9.59 Å². The lowest BCUT2D eigenvalue weighted by Gasteiger charge is -2.20. The molecule has 1 atom stereocenters. The van der Waals surface area contributed by atoms with Crippen molar-refractivity contribution in [1.29, 1.82) is 0 Å². The van der Waals surface area contributed by atoms with Gasteiger partial charge in [0.15, 0.2) is 0 Å². The molecule has 3 N–H and O–H groups in total. The number of nitrogens with two attached hydrogens (primary N) is 1. The zero-order valence-electron chi connectivity index (χ0n) is 15.8. The SMILES string of the molecule is CC(C)(C)c1ccc(C[C@@H](NC(=O)CCc2ccccc2)C(N)=O)cc1. The molecule has 2 aromatic carbocycles. The lowest BCUT2D eigenvalue weighted by Crippen LogP contribution is -2.45. The number of primary amides is 1. The number of carbonyl (C=O) groups excluding carboxylic acids is 2. The Bertz CT molecular complexity index is 731. The van der Waals surface area contributed by atoms with Crippen LogP contribution in [0.25, 0.3) is 0 Å². The normalized spacial score (nSPS) is 12.4. The molecule has 138 valence electrons. The highest BCUT2D eigenvalue weighted by Crippen LogP contribution is 2.22. The van der Waals surface area contributed by atoms with Gasteiger partial charge in [0.1, 0.15) is 6.04 Å². The third kappa shape index (κ3) is 6.03. The molecule has 0 aliphatic rings. The summed E-state index contributed by atoms with van der Waals surface area (Å²) in [6, 6.07) is 17.2. The van der Waals surface area contributed by atoms with E-state index in [1.807, 2.05) is 42.5 Å². The number of nitrogens with one attached hydrogen (secondary N) is 1. The molecule has 0 fully saturated rings. The van der Waals surface area contributed by atoms with Crippen LogP contribution in [0.2, 0.25) is 0 Å². The summed E-state index contributed by atoms with van der Waals surface area (Å²) < 4.78 is 0. The Morgan fingerprint density at radius 1 is 0.962 bits per heavy atom. The van der Waals surface area contributed by atoms with Gasteiger partial charge in [0.2, 0.25) is 11.8 Å². The molecule has 0 spiro atoms. The van der Waals surface area contributed by atoms with E-state index in [9.17, 15) is 9.59 Å². The molecule has 0 saturated carbocycles. The predicted molar refractivity (Wildman–Crippen MR) is 105 cm³/mol. The summed E-state index contributed by atoms with van der Waals surface area (Å²) in [5, 5.41) is 2.77. The van der Waals surface area contributed by atoms with E-state index in [4.69, 9.17) is 5.73 Å². The molecule has 0 aliphatic carbocycles. The summed E-state index contributed by atoms with van der Waals surface area (Å²) in [6.07, 6.45) is 1.37. The van der Waals surface area contributed by atoms with E-state index in [0.29, 0.717) is 19.3 Å². The number of hydrogen-bond donors (Lipinski definition) is 2. The lowest BCUT2D eigenvalue weighted by molar-refractivity contribution is -0.127. The number of rotatable bonds is 7. The van der Waals surface area contributed by atoms with Crippen LogP contribution in [0.3, 0.4) is 0 Å². The van der Waals surface area contributed by atoms with Gasteiger partial charge in [0.25, 0.3) is 0 Å². The summed E-state index contributed by atoms with van der Waals surface area (Å²) in [4.78, 5) is 23.9. The molecule has 0 saturated heterocycles. The van der Waals surface area contributed by atoms with Gasteiger partial charge in [0, 0.05) is 12.8 Å². The number of benzene rings is 2. The van der Waals surface area contributed by atoms with Gasteiger partial charge in [-0.3, -0.25) is 9.59 Å². The second kappa shape index (κ2) is 8.65. The van der Waals surface area contributed by atoms with Crippen molar-refractivity contribution in [2.24, 2.45) is 5.73 Å². The molecule has 2 aromatic rings. The zero-order valence-corrected chi connectivity index (χ0v) is 15.8. The van der Waals surface area contributed by atoms with Gasteiger partial charge in [0.05, 0.1) is 0 Å². The molecule has 26 heavy (non-hydrogen) atoms. The molecule has 0 aromatic heterocycles. The van der Waals surface area contributed by atoms with Crippen molar-refractivity contribution in [3.8, 4) is 0 Å². The Hall–Kier alpha value is -2.62. The topological polar surface area (TPSA) is 72.2 Å². The first-order valence-corrected chi connectivity index (χ1v) is 8.98. The van der Waals surface area contributed by atoms with E-state index >= 15 is 0 Å². The average molecular weight is 352 g/mol. The molecule has 4 heteroatoms. The van der Waals surface area contributed by atoms with Crippen molar-refractivity contribution in [3.05, 3.63) is 71.3 Å². The molecular weight excluding hydrogens is 324 g/mol. The molecule has 4 nitrogen and oxygen atoms in total. The van der Waals surface area contributed by atoms with E-state index in [1.165, 1.54) is 5.56 Å². The molecule has 0 unspecified atom stereocenters. The van der Waals surface area contributed by atoms with Crippen LogP contribution >= 0.6 is 0 Å². The van der Waals surface area contributed by atoms with Gasteiger partial charge in [-0.2, -0.15) is 0 Å². The molecule has 0 bridgehead atoms. The van der Waals surface area contributed by atoms with E-state index in [2.05, 4.69) is 38.2 Å². The van der Waals surface area contributed by atoms with Crippen LogP contribution in [-0.2, 0) is 27.8 Å². The predicted octanol–water partition coefficient (Wildman–Crippen LogP) is 3.13. The average Bonchev–Trinajstić information content (AvgIpc) is 2.60. The first kappa shape index (κ1) is 19.7. The first-order chi connectivity index (χ1) is 12.3. The standard InChI is InChI=1S/C22H28N2O2/c1-22(2,3)18-12-9-17(10-13-18)15-19(21(23)26)24-20(25)14-11-16-7-5-4-6-8-16/h4-10,12-13,19H,11,14-15H2,1-3H3,(H2,23,26)(H,24,25)/t19-/m1/s1. The lowest BCUT2D eigenvalue weighted by atomic mass is 9.86. The second-order valence-corrected chi connectivity index (χ2v) is 7.66. The maximum atomic E-state index is 12.2. The summed E-state index contributed by atoms with van der Waals surface area (Å²) in [7, 11) is 0. The Balaban J connectivity index is 1.93. The monoisotopic (exact) mass is 352 g/mol. The fraction of sp³-hybridized carbons (Fsp3) is 0.364. The molecule has 2 amide bonds. The van der Waals surface area contributed by atoms with E-state index in [0.717, 1.165) is 11.1 Å². The smallest absolute Gasteiger partial charge is 0.240 e. The van der Waals surface area contributed by atoms with Crippen LogP contribution in [0.15, 0.2) is 54.6 Å². The van der Waals surface area contributed by atoms with E-state index < -0.39 is 11.9 Å². The molecule has 0 aliphatic heterocycles. The molecular formula is C22H28N2O2. The van der Waals surface area contributed by atoms with Crippen molar-refractivity contribution in [1.82, 2.24) is 5.32 Å². The number of aryl methyl sites for hydroxylation is 1. The fourth-order valence-corrected chi connectivity index (χ4v) is 2.77. The van der Waals surface area contributed by atoms with E-state index in [-0.39, 0.29) is 11.3 Å². The third-order valence-electron chi connectivity index (χ3n) is 4.42. The van der Waals surface area contributed by atoms with Gasteiger partial charge in [-0.25, -0.2) is 0 Å². The van der Waals surface area contributed by atoms with Crippen LogP contribution < -0.4 is 11.1 Å². The van der Waals surface area contributed by atoms with Crippen molar-refractivity contribution in [2.45, 2.75) is 51.5 Å². The highest BCUT2D eigenvalue weighted by molar-refractivity contribution is 5.86. The Morgan fingerprint density at radius 3 is 2.12 bits per heavy atom. The minimum atomic E-state index is -0.696. The zero-order chi connectivity index (χ0) is 19.2. The highest BCUT2D eigenvalue weighted by atomic mass is 16.2. The number of amides is 2. The Labute approximate surface area is 155 Å². The van der Waals surface area contributed by atoms with Crippen molar-refractivity contribution in [2.75, 3.05) is 0 Å². The minimum absolute atomic E-state index is 0.0767. The quantitative estimate of drug-likeness (QED) is 0.803. The molecule has 0 radical (unpaired) electrons. The Morgan fingerprint density at radius 2 is 1.58 bits per heavy atom. The first-order valence-electron chi connectivity index (χ1n) is 8.98. The van der Waals surface area contributed by atoms with Crippen molar-refractivity contribution in [3.63, 3.8) is 0 Å². The minimum Gasteiger partial charge on any atom is -0.368 e. The number of hydrogen-bond acceptors (Lipinski definition) is 2. The summed E-state index contributed by atoms with van der Waals surface area (Å²) in [6.45, 7) is 6.46. The number of carbonyl (C=O) groups is 2. The van der Waals surface area contributed by atoms with Crippen LogP contribution in [0, 0.1) is 0 Å². The highest BCUT2D eigenvalue weighted by Gasteiger charge is 2.19. The largest absolute Gasteiger partial charge is 0.368 e. The van der Waals surface area contributed by atoms with Gasteiger partial charge in [-0.1, -0.05) is 75.4 Å². The fourth-order valence-electron chi connectivity index (χ4n) is 2.77. The van der Waals surface area contributed by atoms with Gasteiger partial charge in [-0.05, 0) is 28.5 Å². The second-order valence-electron chi connectivity index (χ2n) is 7.66. The summed E-state index contributed by atoms with van der Waals surface area (Å²) >= 11 is 0. The third-order valence-corrected chi connectivity index (χ3v) is 4.42.